The Morgan fingerprint density at radius 1 is 1.09 bits per heavy atom. The van der Waals surface area contributed by atoms with E-state index in [1.807, 2.05) is 0 Å². The molecule has 0 saturated carbocycles. The third-order valence-corrected chi connectivity index (χ3v) is 3.40. The first-order valence-electron chi connectivity index (χ1n) is 7.21. The SMILES string of the molecule is COCOc1ccccc1C(=O)C[C@H](O)c1ccc(OC)cc1. The molecule has 0 aliphatic carbocycles. The number of hydrogen-bond acceptors (Lipinski definition) is 5. The van der Waals surface area contributed by atoms with E-state index in [0.29, 0.717) is 22.6 Å². The van der Waals surface area contributed by atoms with Crippen molar-refractivity contribution in [1.29, 1.82) is 0 Å². The van der Waals surface area contributed by atoms with Gasteiger partial charge >= 0.3 is 0 Å². The maximum Gasteiger partial charge on any atom is 0.188 e. The molecule has 0 saturated heterocycles. The van der Waals surface area contributed by atoms with E-state index in [1.54, 1.807) is 55.6 Å². The molecule has 0 fully saturated rings. The summed E-state index contributed by atoms with van der Waals surface area (Å²) in [5.41, 5.74) is 1.09. The summed E-state index contributed by atoms with van der Waals surface area (Å²) in [4.78, 5) is 12.4. The number of benzene rings is 2. The van der Waals surface area contributed by atoms with E-state index in [1.165, 1.54) is 7.11 Å². The summed E-state index contributed by atoms with van der Waals surface area (Å²) in [6.07, 6.45) is -0.913. The molecule has 1 atom stereocenters. The maximum atomic E-state index is 12.4. The average molecular weight is 316 g/mol. The number of aliphatic hydroxyl groups excluding tert-OH is 1. The van der Waals surface area contributed by atoms with Crippen LogP contribution in [0.5, 0.6) is 11.5 Å². The van der Waals surface area contributed by atoms with E-state index < -0.39 is 6.10 Å². The third-order valence-electron chi connectivity index (χ3n) is 3.40. The summed E-state index contributed by atoms with van der Waals surface area (Å²) in [6.45, 7) is 0.0608. The van der Waals surface area contributed by atoms with Crippen LogP contribution in [0.3, 0.4) is 0 Å². The number of methoxy groups -OCH3 is 2. The maximum absolute atomic E-state index is 12.4. The second-order valence-electron chi connectivity index (χ2n) is 4.96. The molecule has 0 radical (unpaired) electrons. The summed E-state index contributed by atoms with van der Waals surface area (Å²) in [6, 6.07) is 13.9. The van der Waals surface area contributed by atoms with Crippen molar-refractivity contribution >= 4 is 5.78 Å². The molecule has 0 heterocycles. The molecule has 122 valence electrons. The van der Waals surface area contributed by atoms with Crippen LogP contribution in [0.1, 0.15) is 28.4 Å². The lowest BCUT2D eigenvalue weighted by atomic mass is 9.99. The first-order chi connectivity index (χ1) is 11.2. The topological polar surface area (TPSA) is 65.0 Å². The number of rotatable bonds is 8. The highest BCUT2D eigenvalue weighted by Gasteiger charge is 2.18. The van der Waals surface area contributed by atoms with Gasteiger partial charge in [-0.15, -0.1) is 0 Å². The van der Waals surface area contributed by atoms with Gasteiger partial charge in [0.15, 0.2) is 12.6 Å². The second kappa shape index (κ2) is 8.31. The summed E-state index contributed by atoms with van der Waals surface area (Å²) in [7, 11) is 3.09. The highest BCUT2D eigenvalue weighted by molar-refractivity contribution is 5.99. The molecule has 5 heteroatoms. The van der Waals surface area contributed by atoms with Gasteiger partial charge in [-0.05, 0) is 29.8 Å². The molecule has 5 nitrogen and oxygen atoms in total. The Bertz CT molecular complexity index is 636. The Morgan fingerprint density at radius 3 is 2.43 bits per heavy atom. The Kier molecular flexibility index (Phi) is 6.14. The molecule has 1 N–H and O–H groups in total. The quantitative estimate of drug-likeness (QED) is 0.599. The predicted octanol–water partition coefficient (Wildman–Crippen LogP) is 2.98. The molecule has 23 heavy (non-hydrogen) atoms. The minimum absolute atomic E-state index is 0.0281. The average Bonchev–Trinajstić information content (AvgIpc) is 2.60. The van der Waals surface area contributed by atoms with Crippen molar-refractivity contribution in [2.24, 2.45) is 0 Å². The van der Waals surface area contributed by atoms with Gasteiger partial charge in [0.2, 0.25) is 0 Å². The van der Waals surface area contributed by atoms with Crippen LogP contribution < -0.4 is 9.47 Å². The van der Waals surface area contributed by atoms with Crippen molar-refractivity contribution in [1.82, 2.24) is 0 Å². The normalized spacial score (nSPS) is 11.8. The molecular weight excluding hydrogens is 296 g/mol. The van der Waals surface area contributed by atoms with Gasteiger partial charge in [-0.2, -0.15) is 0 Å². The van der Waals surface area contributed by atoms with Crippen LogP contribution in [0.15, 0.2) is 48.5 Å². The number of para-hydroxylation sites is 1. The lowest BCUT2D eigenvalue weighted by Gasteiger charge is -2.13. The van der Waals surface area contributed by atoms with E-state index in [0.717, 1.165) is 0 Å². The first kappa shape index (κ1) is 17.0. The standard InChI is InChI=1S/C18H20O5/c1-21-12-23-18-6-4-3-5-15(18)17(20)11-16(19)13-7-9-14(22-2)10-8-13/h3-10,16,19H,11-12H2,1-2H3/t16-/m0/s1. The molecule has 0 aliphatic heterocycles. The summed E-state index contributed by atoms with van der Waals surface area (Å²) < 4.78 is 15.3. The van der Waals surface area contributed by atoms with Crippen molar-refractivity contribution in [2.45, 2.75) is 12.5 Å². The van der Waals surface area contributed by atoms with Gasteiger partial charge < -0.3 is 19.3 Å². The van der Waals surface area contributed by atoms with Crippen LogP contribution in [0.2, 0.25) is 0 Å². The van der Waals surface area contributed by atoms with Crippen molar-refractivity contribution in [3.05, 3.63) is 59.7 Å². The van der Waals surface area contributed by atoms with E-state index in [4.69, 9.17) is 14.2 Å². The van der Waals surface area contributed by atoms with Gasteiger partial charge in [0, 0.05) is 13.5 Å². The zero-order chi connectivity index (χ0) is 16.7. The highest BCUT2D eigenvalue weighted by atomic mass is 16.7. The zero-order valence-corrected chi connectivity index (χ0v) is 13.2. The molecule has 0 aromatic heterocycles. The van der Waals surface area contributed by atoms with Gasteiger partial charge in [0.1, 0.15) is 11.5 Å². The zero-order valence-electron chi connectivity index (χ0n) is 13.2. The Balaban J connectivity index is 2.08. The van der Waals surface area contributed by atoms with Crippen LogP contribution in [0.25, 0.3) is 0 Å². The van der Waals surface area contributed by atoms with Crippen LogP contribution in [-0.4, -0.2) is 31.9 Å². The predicted molar refractivity (Wildman–Crippen MR) is 85.8 cm³/mol. The van der Waals surface area contributed by atoms with Gasteiger partial charge in [-0.25, -0.2) is 0 Å². The van der Waals surface area contributed by atoms with Crippen LogP contribution in [-0.2, 0) is 4.74 Å². The number of ether oxygens (including phenoxy) is 3. The van der Waals surface area contributed by atoms with Gasteiger partial charge in [0.05, 0.1) is 18.8 Å². The lowest BCUT2D eigenvalue weighted by Crippen LogP contribution is -2.10. The molecule has 0 amide bonds. The number of carbonyl (C=O) groups is 1. The summed E-state index contributed by atoms with van der Waals surface area (Å²) in [5.74, 6) is 0.951. The minimum atomic E-state index is -0.885. The van der Waals surface area contributed by atoms with Crippen molar-refractivity contribution in [2.75, 3.05) is 21.0 Å². The van der Waals surface area contributed by atoms with Gasteiger partial charge in [-0.1, -0.05) is 24.3 Å². The van der Waals surface area contributed by atoms with E-state index >= 15 is 0 Å². The molecule has 0 bridgehead atoms. The molecule has 0 unspecified atom stereocenters. The Morgan fingerprint density at radius 2 is 1.78 bits per heavy atom. The molecule has 2 aromatic rings. The lowest BCUT2D eigenvalue weighted by molar-refractivity contribution is 0.0499. The van der Waals surface area contributed by atoms with Crippen LogP contribution in [0.4, 0.5) is 0 Å². The number of ketones is 1. The van der Waals surface area contributed by atoms with Crippen molar-refractivity contribution < 1.29 is 24.1 Å². The molecule has 0 spiro atoms. The second-order valence-corrected chi connectivity index (χ2v) is 4.96. The molecular formula is C18H20O5. The van der Waals surface area contributed by atoms with Crippen LogP contribution in [0, 0.1) is 0 Å². The molecule has 2 rings (SSSR count). The smallest absolute Gasteiger partial charge is 0.188 e. The van der Waals surface area contributed by atoms with Gasteiger partial charge in [-0.3, -0.25) is 4.79 Å². The largest absolute Gasteiger partial charge is 0.497 e. The Hall–Kier alpha value is -2.37. The van der Waals surface area contributed by atoms with Crippen molar-refractivity contribution in [3.63, 3.8) is 0 Å². The van der Waals surface area contributed by atoms with Gasteiger partial charge in [0.25, 0.3) is 0 Å². The van der Waals surface area contributed by atoms with E-state index in [9.17, 15) is 9.90 Å². The fourth-order valence-corrected chi connectivity index (χ4v) is 2.17. The number of hydrogen-bond donors (Lipinski definition) is 1. The molecule has 0 aliphatic rings. The fraction of sp³-hybridized carbons (Fsp3) is 0.278. The first-order valence-corrected chi connectivity index (χ1v) is 7.21. The van der Waals surface area contributed by atoms with Crippen LogP contribution >= 0.6 is 0 Å². The van der Waals surface area contributed by atoms with Crippen molar-refractivity contribution in [3.8, 4) is 11.5 Å². The summed E-state index contributed by atoms with van der Waals surface area (Å²) in [5, 5.41) is 10.3. The Labute approximate surface area is 135 Å². The molecule has 2 aromatic carbocycles. The fourth-order valence-electron chi connectivity index (χ4n) is 2.17. The monoisotopic (exact) mass is 316 g/mol. The van der Waals surface area contributed by atoms with E-state index in [-0.39, 0.29) is 19.0 Å². The number of Topliss-reactive ketones (excluding diaryl/α,β-unsaturated/α-hetero) is 1. The summed E-state index contributed by atoms with van der Waals surface area (Å²) >= 11 is 0. The number of aliphatic hydroxyl groups is 1. The third kappa shape index (κ3) is 4.55. The number of carbonyl (C=O) groups excluding carboxylic acids is 1. The minimum Gasteiger partial charge on any atom is -0.497 e. The highest BCUT2D eigenvalue weighted by Crippen LogP contribution is 2.25. The van der Waals surface area contributed by atoms with E-state index in [2.05, 4.69) is 0 Å².